The molecule has 0 saturated heterocycles. The standard InChI is InChI=1S/C8H16ClN2S.CHF3O3S/c1-11(2,6-3-4-9)7-5-10-8-12;2-1(3,4)8(5,6)7/h3-7H2,1-2H3;(H,5,6,7)/q+1;/p-1. The second-order valence-electron chi connectivity index (χ2n) is 4.30. The van der Waals surface area contributed by atoms with Gasteiger partial charge in [-0.2, -0.15) is 13.2 Å². The molecule has 0 aromatic heterocycles. The average Bonchev–Trinajstić information content (AvgIpc) is 2.25. The summed E-state index contributed by atoms with van der Waals surface area (Å²) in [6.45, 7) is 2.86. The molecular formula is C9H16ClF3N2O3S2. The van der Waals surface area contributed by atoms with E-state index in [1.165, 1.54) is 0 Å². The summed E-state index contributed by atoms with van der Waals surface area (Å²) in [4.78, 5) is 3.88. The van der Waals surface area contributed by atoms with Crippen LogP contribution in [0.25, 0.3) is 0 Å². The van der Waals surface area contributed by atoms with Crippen molar-refractivity contribution in [2.24, 2.45) is 4.99 Å². The first kappa shape index (κ1) is 22.0. The lowest BCUT2D eigenvalue weighted by molar-refractivity contribution is -0.888. The maximum Gasteiger partial charge on any atom is 0.485 e. The zero-order valence-corrected chi connectivity index (χ0v) is 13.4. The van der Waals surface area contributed by atoms with Crippen molar-refractivity contribution in [1.82, 2.24) is 0 Å². The van der Waals surface area contributed by atoms with E-state index in [0.717, 1.165) is 36.4 Å². The molecule has 0 bridgehead atoms. The highest BCUT2D eigenvalue weighted by atomic mass is 35.5. The van der Waals surface area contributed by atoms with Gasteiger partial charge in [0.1, 0.15) is 0 Å². The molecule has 11 heteroatoms. The fraction of sp³-hybridized carbons (Fsp3) is 0.889. The average molecular weight is 357 g/mol. The van der Waals surface area contributed by atoms with Gasteiger partial charge in [-0.3, -0.25) is 0 Å². The first-order chi connectivity index (χ1) is 8.87. The van der Waals surface area contributed by atoms with Crippen molar-refractivity contribution in [2.75, 3.05) is 39.6 Å². The van der Waals surface area contributed by atoms with Crippen LogP contribution >= 0.6 is 23.8 Å². The molecule has 0 aromatic rings. The molecule has 0 radical (unpaired) electrons. The highest BCUT2D eigenvalue weighted by molar-refractivity contribution is 7.86. The summed E-state index contributed by atoms with van der Waals surface area (Å²) in [5, 5.41) is 2.37. The summed E-state index contributed by atoms with van der Waals surface area (Å²) in [7, 11) is -1.75. The summed E-state index contributed by atoms with van der Waals surface area (Å²) in [5.74, 6) is 0.734. The van der Waals surface area contributed by atoms with E-state index in [1.54, 1.807) is 0 Å². The molecule has 0 rings (SSSR count). The molecule has 0 saturated carbocycles. The van der Waals surface area contributed by atoms with E-state index in [1.807, 2.05) is 0 Å². The van der Waals surface area contributed by atoms with E-state index in [-0.39, 0.29) is 0 Å². The van der Waals surface area contributed by atoms with E-state index in [4.69, 9.17) is 24.6 Å². The maximum absolute atomic E-state index is 10.7. The number of quaternary nitrogens is 1. The van der Waals surface area contributed by atoms with Crippen LogP contribution in [0.2, 0.25) is 0 Å². The van der Waals surface area contributed by atoms with Gasteiger partial charge in [-0.15, -0.1) is 11.6 Å². The Bertz CT molecular complexity index is 421. The zero-order chi connectivity index (χ0) is 16.4. The molecule has 0 aliphatic carbocycles. The van der Waals surface area contributed by atoms with Gasteiger partial charge in [0.05, 0.1) is 38.9 Å². The van der Waals surface area contributed by atoms with E-state index in [2.05, 4.69) is 36.5 Å². The molecule has 0 atom stereocenters. The highest BCUT2D eigenvalue weighted by Gasteiger charge is 2.36. The maximum atomic E-state index is 10.7. The van der Waals surface area contributed by atoms with Crippen molar-refractivity contribution >= 4 is 39.1 Å². The van der Waals surface area contributed by atoms with Crippen molar-refractivity contribution in [1.29, 1.82) is 0 Å². The first-order valence-electron chi connectivity index (χ1n) is 5.31. The Morgan fingerprint density at radius 1 is 1.35 bits per heavy atom. The monoisotopic (exact) mass is 356 g/mol. The number of likely N-dealkylation sites (N-methyl/N-ethyl adjacent to an activating group) is 1. The number of halogens is 4. The summed E-state index contributed by atoms with van der Waals surface area (Å²) in [6.07, 6.45) is 1.05. The smallest absolute Gasteiger partial charge is 0.485 e. The second-order valence-corrected chi connectivity index (χ2v) is 6.23. The molecule has 20 heavy (non-hydrogen) atoms. The Kier molecular flexibility index (Phi) is 10.6. The van der Waals surface area contributed by atoms with Crippen molar-refractivity contribution < 1.29 is 30.6 Å². The van der Waals surface area contributed by atoms with Crippen molar-refractivity contribution in [3.8, 4) is 0 Å². The lowest BCUT2D eigenvalue weighted by Crippen LogP contribution is -2.42. The van der Waals surface area contributed by atoms with Gasteiger partial charge in [0, 0.05) is 12.3 Å². The highest BCUT2D eigenvalue weighted by Crippen LogP contribution is 2.20. The van der Waals surface area contributed by atoms with Gasteiger partial charge in [-0.25, -0.2) is 13.4 Å². The van der Waals surface area contributed by atoms with Gasteiger partial charge in [0.25, 0.3) is 0 Å². The Morgan fingerprint density at radius 3 is 2.10 bits per heavy atom. The van der Waals surface area contributed by atoms with Crippen LogP contribution in [0.3, 0.4) is 0 Å². The van der Waals surface area contributed by atoms with E-state index >= 15 is 0 Å². The minimum Gasteiger partial charge on any atom is -0.741 e. The molecule has 0 aliphatic rings. The fourth-order valence-electron chi connectivity index (χ4n) is 0.966. The molecule has 0 fully saturated rings. The largest absolute Gasteiger partial charge is 0.741 e. The van der Waals surface area contributed by atoms with Gasteiger partial charge in [0.15, 0.2) is 10.1 Å². The van der Waals surface area contributed by atoms with Gasteiger partial charge in [-0.1, -0.05) is 0 Å². The molecular weight excluding hydrogens is 341 g/mol. The molecule has 0 N–H and O–H groups in total. The number of thiocarbonyl (C=S) groups is 1. The van der Waals surface area contributed by atoms with Crippen molar-refractivity contribution in [2.45, 2.75) is 11.9 Å². The Labute approximate surface area is 126 Å². The molecule has 0 spiro atoms. The van der Waals surface area contributed by atoms with E-state index in [0.29, 0.717) is 0 Å². The third-order valence-electron chi connectivity index (χ3n) is 2.06. The van der Waals surface area contributed by atoms with Crippen LogP contribution in [0.15, 0.2) is 4.99 Å². The predicted octanol–water partition coefficient (Wildman–Crippen LogP) is 1.85. The predicted molar refractivity (Wildman–Crippen MR) is 72.8 cm³/mol. The number of hydrogen-bond donors (Lipinski definition) is 0. The zero-order valence-electron chi connectivity index (χ0n) is 11.0. The number of aliphatic imine (C=N–C) groups is 1. The molecule has 120 valence electrons. The van der Waals surface area contributed by atoms with Gasteiger partial charge in [0.2, 0.25) is 0 Å². The second kappa shape index (κ2) is 9.64. The van der Waals surface area contributed by atoms with Crippen LogP contribution in [0.1, 0.15) is 6.42 Å². The summed E-state index contributed by atoms with van der Waals surface area (Å²) >= 11 is 10.1. The summed E-state index contributed by atoms with van der Waals surface area (Å²) in [5.41, 5.74) is -5.65. The molecule has 0 unspecified atom stereocenters. The van der Waals surface area contributed by atoms with Gasteiger partial charge >= 0.3 is 5.51 Å². The Morgan fingerprint density at radius 2 is 1.80 bits per heavy atom. The SMILES string of the molecule is C[N+](C)(CCCCl)CCN=C=S.O=S(=O)([O-])C(F)(F)F. The van der Waals surface area contributed by atoms with Crippen LogP contribution in [0, 0.1) is 0 Å². The third kappa shape index (κ3) is 12.8. The quantitative estimate of drug-likeness (QED) is 0.182. The summed E-state index contributed by atoms with van der Waals surface area (Å²) in [6, 6.07) is 0. The van der Waals surface area contributed by atoms with E-state index < -0.39 is 15.6 Å². The van der Waals surface area contributed by atoms with Crippen molar-refractivity contribution in [3.05, 3.63) is 0 Å². The molecule has 5 nitrogen and oxygen atoms in total. The lowest BCUT2D eigenvalue weighted by Gasteiger charge is -2.28. The van der Waals surface area contributed by atoms with Crippen LogP contribution in [-0.2, 0) is 10.1 Å². The Hall–Kier alpha value is -0.250. The number of rotatable bonds is 6. The van der Waals surface area contributed by atoms with Gasteiger partial charge in [-0.05, 0) is 12.2 Å². The van der Waals surface area contributed by atoms with Crippen LogP contribution in [0.4, 0.5) is 13.2 Å². The minimum absolute atomic E-state index is 0.734. The Balaban J connectivity index is 0. The summed E-state index contributed by atoms with van der Waals surface area (Å²) < 4.78 is 59.9. The normalized spacial score (nSPS) is 12.2. The molecule has 0 heterocycles. The van der Waals surface area contributed by atoms with Gasteiger partial charge < -0.3 is 9.04 Å². The molecule has 0 aromatic carbocycles. The lowest BCUT2D eigenvalue weighted by atomic mass is 10.3. The molecule has 0 amide bonds. The fourth-order valence-corrected chi connectivity index (χ4v) is 1.18. The topological polar surface area (TPSA) is 69.6 Å². The first-order valence-corrected chi connectivity index (χ1v) is 7.66. The van der Waals surface area contributed by atoms with Crippen LogP contribution < -0.4 is 0 Å². The van der Waals surface area contributed by atoms with E-state index in [9.17, 15) is 13.2 Å². The molecule has 0 aliphatic heterocycles. The van der Waals surface area contributed by atoms with Crippen LogP contribution in [0.5, 0.6) is 0 Å². The van der Waals surface area contributed by atoms with Crippen molar-refractivity contribution in [3.63, 3.8) is 0 Å². The third-order valence-corrected chi connectivity index (χ3v) is 3.03. The number of alkyl halides is 4. The van der Waals surface area contributed by atoms with Crippen LogP contribution in [-0.4, -0.2) is 67.7 Å². The number of nitrogens with zero attached hydrogens (tertiary/aromatic N) is 2. The number of hydrogen-bond acceptors (Lipinski definition) is 5. The minimum atomic E-state index is -6.09. The number of isothiocyanates is 1.